The fourth-order valence-electron chi connectivity index (χ4n) is 1.51. The highest BCUT2D eigenvalue weighted by Crippen LogP contribution is 2.21. The molecule has 1 aromatic heterocycles. The van der Waals surface area contributed by atoms with Gasteiger partial charge < -0.3 is 15.4 Å². The highest BCUT2D eigenvalue weighted by molar-refractivity contribution is 6.31. The van der Waals surface area contributed by atoms with E-state index in [1.165, 1.54) is 0 Å². The number of pyridine rings is 1. The summed E-state index contributed by atoms with van der Waals surface area (Å²) in [6.45, 7) is 1.85. The van der Waals surface area contributed by atoms with E-state index in [1.807, 2.05) is 6.92 Å². The van der Waals surface area contributed by atoms with E-state index >= 15 is 0 Å². The van der Waals surface area contributed by atoms with Crippen LogP contribution in [0.15, 0.2) is 35.3 Å². The van der Waals surface area contributed by atoms with Crippen molar-refractivity contribution in [3.05, 3.63) is 57.0 Å². The lowest BCUT2D eigenvalue weighted by molar-refractivity contribution is 0.102. The molecule has 0 saturated heterocycles. The standard InChI is InChI=1S/C13H11ClN2O3/c1-7-2-3-8(4-10(7)14)16-13(19)9-6-15-12(18)5-11(9)17/h2-6H,1H3,(H,16,19)(H2,15,17,18). The number of halogens is 1. The molecule has 2 aromatic rings. The van der Waals surface area contributed by atoms with Gasteiger partial charge in [0.1, 0.15) is 5.75 Å². The van der Waals surface area contributed by atoms with E-state index < -0.39 is 11.5 Å². The second kappa shape index (κ2) is 5.16. The largest absolute Gasteiger partial charge is 0.507 e. The van der Waals surface area contributed by atoms with E-state index in [0.29, 0.717) is 10.7 Å². The van der Waals surface area contributed by atoms with Crippen LogP contribution in [0.25, 0.3) is 0 Å². The third-order valence-electron chi connectivity index (χ3n) is 2.58. The van der Waals surface area contributed by atoms with Gasteiger partial charge in [0.15, 0.2) is 0 Å². The minimum absolute atomic E-state index is 0.0173. The molecule has 0 atom stereocenters. The Kier molecular flexibility index (Phi) is 3.57. The number of H-pyrrole nitrogens is 1. The fraction of sp³-hybridized carbons (Fsp3) is 0.0769. The Labute approximate surface area is 113 Å². The average Bonchev–Trinajstić information content (AvgIpc) is 2.33. The van der Waals surface area contributed by atoms with Gasteiger partial charge in [-0.15, -0.1) is 0 Å². The van der Waals surface area contributed by atoms with E-state index in [4.69, 9.17) is 11.6 Å². The molecule has 1 heterocycles. The number of aromatic amines is 1. The molecule has 0 fully saturated rings. The maximum atomic E-state index is 11.9. The third kappa shape index (κ3) is 2.95. The monoisotopic (exact) mass is 278 g/mol. The first-order valence-electron chi connectivity index (χ1n) is 5.46. The Balaban J connectivity index is 2.25. The van der Waals surface area contributed by atoms with Gasteiger partial charge in [0.2, 0.25) is 0 Å². The molecule has 1 aromatic carbocycles. The highest BCUT2D eigenvalue weighted by atomic mass is 35.5. The first kappa shape index (κ1) is 13.2. The highest BCUT2D eigenvalue weighted by Gasteiger charge is 2.12. The van der Waals surface area contributed by atoms with Crippen molar-refractivity contribution in [3.63, 3.8) is 0 Å². The zero-order valence-electron chi connectivity index (χ0n) is 10.0. The van der Waals surface area contributed by atoms with Crippen LogP contribution < -0.4 is 10.9 Å². The third-order valence-corrected chi connectivity index (χ3v) is 2.98. The number of carbonyl (C=O) groups is 1. The second-order valence-electron chi connectivity index (χ2n) is 4.01. The molecule has 98 valence electrons. The van der Waals surface area contributed by atoms with E-state index in [1.54, 1.807) is 18.2 Å². The van der Waals surface area contributed by atoms with Gasteiger partial charge in [0.05, 0.1) is 5.56 Å². The second-order valence-corrected chi connectivity index (χ2v) is 4.42. The maximum absolute atomic E-state index is 11.9. The number of rotatable bonds is 2. The lowest BCUT2D eigenvalue weighted by atomic mass is 10.2. The van der Waals surface area contributed by atoms with Crippen molar-refractivity contribution in [1.82, 2.24) is 4.98 Å². The van der Waals surface area contributed by atoms with Crippen molar-refractivity contribution >= 4 is 23.2 Å². The maximum Gasteiger partial charge on any atom is 0.260 e. The molecule has 0 spiro atoms. The van der Waals surface area contributed by atoms with Crippen LogP contribution >= 0.6 is 11.6 Å². The van der Waals surface area contributed by atoms with Crippen molar-refractivity contribution in [1.29, 1.82) is 0 Å². The molecule has 3 N–H and O–H groups in total. The SMILES string of the molecule is Cc1ccc(NC(=O)c2c[nH]c(=O)cc2O)cc1Cl. The number of benzene rings is 1. The zero-order valence-corrected chi connectivity index (χ0v) is 10.8. The van der Waals surface area contributed by atoms with Gasteiger partial charge in [0.25, 0.3) is 11.5 Å². The number of aryl methyl sites for hydroxylation is 1. The molecule has 0 aliphatic rings. The molecule has 5 nitrogen and oxygen atoms in total. The van der Waals surface area contributed by atoms with E-state index in [9.17, 15) is 14.7 Å². The molecule has 0 radical (unpaired) electrons. The number of aromatic hydroxyl groups is 1. The molecule has 0 aliphatic heterocycles. The molecular formula is C13H11ClN2O3. The Morgan fingerprint density at radius 1 is 1.37 bits per heavy atom. The lowest BCUT2D eigenvalue weighted by Crippen LogP contribution is -2.15. The number of hydrogen-bond acceptors (Lipinski definition) is 3. The smallest absolute Gasteiger partial charge is 0.260 e. The summed E-state index contributed by atoms with van der Waals surface area (Å²) in [5.41, 5.74) is 0.904. The minimum Gasteiger partial charge on any atom is -0.507 e. The Bertz CT molecular complexity index is 695. The van der Waals surface area contributed by atoms with Crippen LogP contribution in [0.5, 0.6) is 5.75 Å². The number of hydrogen-bond donors (Lipinski definition) is 3. The van der Waals surface area contributed by atoms with Gasteiger partial charge in [-0.3, -0.25) is 9.59 Å². The summed E-state index contributed by atoms with van der Waals surface area (Å²) in [5, 5.41) is 12.6. The van der Waals surface area contributed by atoms with Crippen LogP contribution in [0, 0.1) is 6.92 Å². The van der Waals surface area contributed by atoms with Gasteiger partial charge >= 0.3 is 0 Å². The first-order valence-corrected chi connectivity index (χ1v) is 5.84. The van der Waals surface area contributed by atoms with Crippen molar-refractivity contribution in [3.8, 4) is 5.75 Å². The normalized spacial score (nSPS) is 10.2. The van der Waals surface area contributed by atoms with Gasteiger partial charge in [-0.05, 0) is 24.6 Å². The van der Waals surface area contributed by atoms with E-state index in [-0.39, 0.29) is 11.3 Å². The summed E-state index contributed by atoms with van der Waals surface area (Å²) < 4.78 is 0. The van der Waals surface area contributed by atoms with E-state index in [0.717, 1.165) is 17.8 Å². The van der Waals surface area contributed by atoms with Crippen LogP contribution in [-0.2, 0) is 0 Å². The first-order chi connectivity index (χ1) is 8.97. The molecule has 0 bridgehead atoms. The summed E-state index contributed by atoms with van der Waals surface area (Å²) in [4.78, 5) is 25.2. The topological polar surface area (TPSA) is 82.2 Å². The molecule has 1 amide bonds. The summed E-state index contributed by atoms with van der Waals surface area (Å²) in [6, 6.07) is 6.01. The number of aromatic nitrogens is 1. The number of nitrogens with one attached hydrogen (secondary N) is 2. The van der Waals surface area contributed by atoms with Crippen molar-refractivity contribution in [2.24, 2.45) is 0 Å². The predicted molar refractivity (Wildman–Crippen MR) is 72.9 cm³/mol. The summed E-state index contributed by atoms with van der Waals surface area (Å²) >= 11 is 5.95. The molecule has 0 aliphatic carbocycles. The number of carbonyl (C=O) groups excluding carboxylic acids is 1. The summed E-state index contributed by atoms with van der Waals surface area (Å²) in [6.07, 6.45) is 1.16. The Morgan fingerprint density at radius 2 is 2.11 bits per heavy atom. The zero-order chi connectivity index (χ0) is 14.0. The van der Waals surface area contributed by atoms with Crippen LogP contribution in [0.2, 0.25) is 5.02 Å². The summed E-state index contributed by atoms with van der Waals surface area (Å²) in [5.74, 6) is -0.909. The van der Waals surface area contributed by atoms with Gasteiger partial charge in [-0.25, -0.2) is 0 Å². The van der Waals surface area contributed by atoms with Crippen LogP contribution in [-0.4, -0.2) is 16.0 Å². The molecular weight excluding hydrogens is 268 g/mol. The van der Waals surface area contributed by atoms with Gasteiger partial charge in [-0.2, -0.15) is 0 Å². The van der Waals surface area contributed by atoms with Gasteiger partial charge in [0, 0.05) is 23.0 Å². The van der Waals surface area contributed by atoms with Crippen LogP contribution in [0.1, 0.15) is 15.9 Å². The molecule has 2 rings (SSSR count). The number of amides is 1. The van der Waals surface area contributed by atoms with Crippen LogP contribution in [0.3, 0.4) is 0 Å². The van der Waals surface area contributed by atoms with Gasteiger partial charge in [-0.1, -0.05) is 17.7 Å². The number of anilines is 1. The molecule has 6 heteroatoms. The predicted octanol–water partition coefficient (Wildman–Crippen LogP) is 2.29. The quantitative estimate of drug-likeness (QED) is 0.788. The fourth-order valence-corrected chi connectivity index (χ4v) is 1.69. The van der Waals surface area contributed by atoms with Crippen molar-refractivity contribution < 1.29 is 9.90 Å². The van der Waals surface area contributed by atoms with E-state index in [2.05, 4.69) is 10.3 Å². The van der Waals surface area contributed by atoms with Crippen molar-refractivity contribution in [2.45, 2.75) is 6.92 Å². The molecule has 0 saturated carbocycles. The molecule has 19 heavy (non-hydrogen) atoms. The molecule has 0 unspecified atom stereocenters. The Hall–Kier alpha value is -2.27. The average molecular weight is 279 g/mol. The minimum atomic E-state index is -0.534. The Morgan fingerprint density at radius 3 is 2.74 bits per heavy atom. The lowest BCUT2D eigenvalue weighted by Gasteiger charge is -2.07. The van der Waals surface area contributed by atoms with Crippen molar-refractivity contribution in [2.75, 3.05) is 5.32 Å². The summed E-state index contributed by atoms with van der Waals surface area (Å²) in [7, 11) is 0. The van der Waals surface area contributed by atoms with Crippen LogP contribution in [0.4, 0.5) is 5.69 Å².